The Morgan fingerprint density at radius 2 is 1.51 bits per heavy atom. The van der Waals surface area contributed by atoms with E-state index in [0.29, 0.717) is 22.6 Å². The summed E-state index contributed by atoms with van der Waals surface area (Å²) in [6, 6.07) is 20.2. The Hall–Kier alpha value is -4.46. The Kier molecular flexibility index (Phi) is 6.03. The fourth-order valence-electron chi connectivity index (χ4n) is 5.22. The molecule has 1 unspecified atom stereocenters. The number of imide groups is 1. The number of hydrogen-bond acceptors (Lipinski definition) is 4. The SMILES string of the molecule is Cc1cc(C(=O)CN2C(=O)CC(c3ccccc3)C2=O)c(C)n1-c1c(C)n(C)n(-c2ccccc2)c1=O. The van der Waals surface area contributed by atoms with Gasteiger partial charge < -0.3 is 4.57 Å². The number of nitrogens with zero attached hydrogens (tertiary/aromatic N) is 4. The van der Waals surface area contributed by atoms with E-state index in [1.807, 2.05) is 81.6 Å². The first-order valence-corrected chi connectivity index (χ1v) is 12.2. The van der Waals surface area contributed by atoms with E-state index in [0.717, 1.165) is 21.8 Å². The van der Waals surface area contributed by atoms with Crippen molar-refractivity contribution < 1.29 is 14.4 Å². The van der Waals surface area contributed by atoms with Crippen molar-refractivity contribution in [1.82, 2.24) is 18.8 Å². The topological polar surface area (TPSA) is 86.3 Å². The van der Waals surface area contributed by atoms with Crippen molar-refractivity contribution in [2.45, 2.75) is 33.1 Å². The first-order valence-electron chi connectivity index (χ1n) is 12.2. The van der Waals surface area contributed by atoms with Crippen LogP contribution in [0, 0.1) is 20.8 Å². The summed E-state index contributed by atoms with van der Waals surface area (Å²) in [7, 11) is 1.82. The standard InChI is InChI=1S/C29H28N4O4/c1-18-15-23(25(34)17-31-26(35)16-24(28(31)36)21-11-7-5-8-12-21)19(2)32(18)27-20(3)30(4)33(29(27)37)22-13-9-6-10-14-22/h5-15,24H,16-17H2,1-4H3. The zero-order valence-corrected chi connectivity index (χ0v) is 21.3. The monoisotopic (exact) mass is 496 g/mol. The Balaban J connectivity index is 1.47. The lowest BCUT2D eigenvalue weighted by Crippen LogP contribution is -2.35. The van der Waals surface area contributed by atoms with E-state index >= 15 is 0 Å². The lowest BCUT2D eigenvalue weighted by Gasteiger charge is -2.14. The van der Waals surface area contributed by atoms with E-state index < -0.39 is 5.92 Å². The van der Waals surface area contributed by atoms with Gasteiger partial charge in [0.25, 0.3) is 5.56 Å². The highest BCUT2D eigenvalue weighted by molar-refractivity contribution is 6.10. The molecule has 1 saturated heterocycles. The molecule has 8 nitrogen and oxygen atoms in total. The molecule has 0 N–H and O–H groups in total. The van der Waals surface area contributed by atoms with Gasteiger partial charge in [-0.1, -0.05) is 48.5 Å². The van der Waals surface area contributed by atoms with Crippen LogP contribution in [0.1, 0.15) is 45.3 Å². The van der Waals surface area contributed by atoms with Gasteiger partial charge in [0.2, 0.25) is 11.8 Å². The van der Waals surface area contributed by atoms with Crippen LogP contribution in [-0.2, 0) is 16.6 Å². The van der Waals surface area contributed by atoms with Crippen molar-refractivity contribution in [3.05, 3.63) is 105 Å². The number of aryl methyl sites for hydroxylation is 1. The van der Waals surface area contributed by atoms with Crippen LogP contribution in [-0.4, -0.2) is 43.0 Å². The fraction of sp³-hybridized carbons (Fsp3) is 0.241. The molecule has 0 bridgehead atoms. The predicted molar refractivity (Wildman–Crippen MR) is 139 cm³/mol. The van der Waals surface area contributed by atoms with Gasteiger partial charge in [-0.15, -0.1) is 0 Å². The van der Waals surface area contributed by atoms with Gasteiger partial charge in [-0.3, -0.25) is 28.8 Å². The van der Waals surface area contributed by atoms with Gasteiger partial charge in [0.15, 0.2) is 5.78 Å². The zero-order chi connectivity index (χ0) is 26.4. The molecule has 2 aromatic heterocycles. The summed E-state index contributed by atoms with van der Waals surface area (Å²) in [5.74, 6) is -1.63. The number of ketones is 1. The molecule has 8 heteroatoms. The third-order valence-corrected chi connectivity index (χ3v) is 7.23. The summed E-state index contributed by atoms with van der Waals surface area (Å²) in [4.78, 5) is 53.7. The van der Waals surface area contributed by atoms with E-state index in [2.05, 4.69) is 0 Å². The van der Waals surface area contributed by atoms with Crippen LogP contribution in [0.4, 0.5) is 0 Å². The van der Waals surface area contributed by atoms with Crippen molar-refractivity contribution in [3.8, 4) is 11.4 Å². The van der Waals surface area contributed by atoms with Gasteiger partial charge in [-0.2, -0.15) is 0 Å². The summed E-state index contributed by atoms with van der Waals surface area (Å²) in [5.41, 5.74) is 4.19. The lowest BCUT2D eigenvalue weighted by molar-refractivity contribution is -0.138. The average Bonchev–Trinajstić information content (AvgIpc) is 3.43. The van der Waals surface area contributed by atoms with Gasteiger partial charge >= 0.3 is 0 Å². The maximum absolute atomic E-state index is 13.6. The van der Waals surface area contributed by atoms with Crippen molar-refractivity contribution in [3.63, 3.8) is 0 Å². The van der Waals surface area contributed by atoms with E-state index in [1.165, 1.54) is 0 Å². The number of hydrogen-bond donors (Lipinski definition) is 0. The zero-order valence-electron chi connectivity index (χ0n) is 21.3. The van der Waals surface area contributed by atoms with E-state index in [4.69, 9.17) is 0 Å². The van der Waals surface area contributed by atoms with Crippen LogP contribution in [0.2, 0.25) is 0 Å². The first-order chi connectivity index (χ1) is 17.7. The minimum absolute atomic E-state index is 0.0530. The smallest absolute Gasteiger partial charge is 0.295 e. The average molecular weight is 497 g/mol. The first kappa shape index (κ1) is 24.2. The van der Waals surface area contributed by atoms with Crippen molar-refractivity contribution in [1.29, 1.82) is 0 Å². The number of likely N-dealkylation sites (tertiary alicyclic amines) is 1. The van der Waals surface area contributed by atoms with Crippen molar-refractivity contribution in [2.75, 3.05) is 6.54 Å². The summed E-state index contributed by atoms with van der Waals surface area (Å²) in [6.07, 6.45) is 0.0530. The van der Waals surface area contributed by atoms with Crippen LogP contribution in [0.15, 0.2) is 71.5 Å². The number of para-hydroxylation sites is 1. The van der Waals surface area contributed by atoms with Crippen molar-refractivity contribution >= 4 is 17.6 Å². The molecule has 2 aromatic carbocycles. The minimum Gasteiger partial charge on any atom is -0.311 e. The van der Waals surface area contributed by atoms with Gasteiger partial charge in [0.05, 0.1) is 23.8 Å². The van der Waals surface area contributed by atoms with E-state index in [-0.39, 0.29) is 36.1 Å². The summed E-state index contributed by atoms with van der Waals surface area (Å²) < 4.78 is 5.17. The van der Waals surface area contributed by atoms with Crippen LogP contribution in [0.3, 0.4) is 0 Å². The summed E-state index contributed by atoms with van der Waals surface area (Å²) in [5, 5.41) is 0. The highest BCUT2D eigenvalue weighted by atomic mass is 16.2. The summed E-state index contributed by atoms with van der Waals surface area (Å²) in [6.45, 7) is 5.15. The maximum Gasteiger partial charge on any atom is 0.295 e. The fourth-order valence-corrected chi connectivity index (χ4v) is 5.22. The predicted octanol–water partition coefficient (Wildman–Crippen LogP) is 3.62. The quantitative estimate of drug-likeness (QED) is 0.301. The van der Waals surface area contributed by atoms with Gasteiger partial charge in [0.1, 0.15) is 5.69 Å². The van der Waals surface area contributed by atoms with Gasteiger partial charge in [-0.05, 0) is 44.5 Å². The molecular formula is C29H28N4O4. The van der Waals surface area contributed by atoms with Gasteiger partial charge in [0, 0.05) is 30.4 Å². The number of carbonyl (C=O) groups is 3. The Morgan fingerprint density at radius 1 is 0.892 bits per heavy atom. The molecule has 1 aliphatic rings. The number of Topliss-reactive ketones (excluding diaryl/α,β-unsaturated/α-hetero) is 1. The normalized spacial score (nSPS) is 15.6. The van der Waals surface area contributed by atoms with Crippen LogP contribution in [0.25, 0.3) is 11.4 Å². The van der Waals surface area contributed by atoms with E-state index in [1.54, 1.807) is 26.9 Å². The number of carbonyl (C=O) groups excluding carboxylic acids is 3. The number of amides is 2. The number of benzene rings is 2. The number of aromatic nitrogens is 3. The third-order valence-electron chi connectivity index (χ3n) is 7.23. The molecule has 0 spiro atoms. The lowest BCUT2D eigenvalue weighted by atomic mass is 9.98. The molecule has 2 amide bonds. The van der Waals surface area contributed by atoms with Crippen LogP contribution < -0.4 is 5.56 Å². The van der Waals surface area contributed by atoms with Crippen molar-refractivity contribution in [2.24, 2.45) is 7.05 Å². The van der Waals surface area contributed by atoms with E-state index in [9.17, 15) is 19.2 Å². The molecule has 0 radical (unpaired) electrons. The van der Waals surface area contributed by atoms with Crippen LogP contribution >= 0.6 is 0 Å². The number of rotatable bonds is 6. The maximum atomic E-state index is 13.6. The molecule has 37 heavy (non-hydrogen) atoms. The second-order valence-corrected chi connectivity index (χ2v) is 9.44. The Labute approximate surface area is 214 Å². The Morgan fingerprint density at radius 3 is 2.16 bits per heavy atom. The molecule has 0 aliphatic carbocycles. The molecular weight excluding hydrogens is 468 g/mol. The second-order valence-electron chi connectivity index (χ2n) is 9.44. The molecule has 3 heterocycles. The molecule has 1 fully saturated rings. The minimum atomic E-state index is -0.572. The van der Waals surface area contributed by atoms with Gasteiger partial charge in [-0.25, -0.2) is 4.68 Å². The molecule has 0 saturated carbocycles. The summed E-state index contributed by atoms with van der Waals surface area (Å²) >= 11 is 0. The molecule has 1 atom stereocenters. The molecule has 1 aliphatic heterocycles. The largest absolute Gasteiger partial charge is 0.311 e. The molecule has 5 rings (SSSR count). The highest BCUT2D eigenvalue weighted by Gasteiger charge is 2.40. The third kappa shape index (κ3) is 3.94. The van der Waals surface area contributed by atoms with Crippen LogP contribution in [0.5, 0.6) is 0 Å². The molecule has 4 aromatic rings. The molecule has 188 valence electrons. The second kappa shape index (κ2) is 9.20. The Bertz CT molecular complexity index is 1590. The highest BCUT2D eigenvalue weighted by Crippen LogP contribution is 2.30.